The molecule has 0 aliphatic carbocycles. The minimum Gasteiger partial charge on any atom is -0.303 e. The van der Waals surface area contributed by atoms with Gasteiger partial charge in [-0.2, -0.15) is 0 Å². The second kappa shape index (κ2) is 31.5. The van der Waals surface area contributed by atoms with Crippen molar-refractivity contribution >= 4 is 12.1 Å². The van der Waals surface area contributed by atoms with E-state index < -0.39 is 6.26 Å². The van der Waals surface area contributed by atoms with Crippen molar-refractivity contribution in [3.05, 3.63) is 17.0 Å². The molecule has 0 fully saturated rings. The molecule has 0 aromatic heterocycles. The molecular formula is C8H16N4O. The summed E-state index contributed by atoms with van der Waals surface area (Å²) in [6.45, 7) is 7.66. The number of aldehydes is 1. The second-order valence-corrected chi connectivity index (χ2v) is 1.42. The molecule has 0 bridgehead atoms. The Bertz CT molecular complexity index is 215. The van der Waals surface area contributed by atoms with Gasteiger partial charge >= 0.3 is 0 Å². The number of hydrogen-bond acceptors (Lipinski definition) is 3. The molecule has 0 amide bonds. The predicted octanol–water partition coefficient (Wildman–Crippen LogP) is 2.38. The predicted molar refractivity (Wildman–Crippen MR) is 55.0 cm³/mol. The summed E-state index contributed by atoms with van der Waals surface area (Å²) in [7, 11) is 1.39. The van der Waals surface area contributed by atoms with E-state index in [9.17, 15) is 4.79 Å². The third-order valence-corrected chi connectivity index (χ3v) is 0.504. The number of hydrogen-bond donors (Lipinski definition) is 0. The van der Waals surface area contributed by atoms with Crippen molar-refractivity contribution in [3.8, 4) is 0 Å². The van der Waals surface area contributed by atoms with Crippen LogP contribution >= 0.6 is 0 Å². The Labute approximate surface area is 80.2 Å². The van der Waals surface area contributed by atoms with Gasteiger partial charge in [-0.3, -0.25) is 0 Å². The average molecular weight is 186 g/mol. The number of nitrogens with zero attached hydrogens (tertiary/aromatic N) is 4. The molecule has 0 atom stereocenters. The normalized spacial score (nSPS) is 6.54. The molecule has 0 saturated carbocycles. The quantitative estimate of drug-likeness (QED) is 0.214. The molecule has 0 aliphatic rings. The summed E-state index contributed by atoms with van der Waals surface area (Å²) in [5.41, 5.74) is 7.33. The van der Waals surface area contributed by atoms with Crippen LogP contribution < -0.4 is 0 Å². The summed E-state index contributed by atoms with van der Waals surface area (Å²) in [6, 6.07) is 0. The maximum atomic E-state index is 9.48. The number of carbonyl (C=O) groups is 1. The first kappa shape index (κ1) is 14.0. The molecule has 0 heterocycles. The molecule has 0 spiro atoms. The highest BCUT2D eigenvalue weighted by atomic mass is 16.1. The Morgan fingerprint density at radius 3 is 2.15 bits per heavy atom. The monoisotopic (exact) mass is 186 g/mol. The van der Waals surface area contributed by atoms with Gasteiger partial charge in [0.2, 0.25) is 0 Å². The van der Waals surface area contributed by atoms with Gasteiger partial charge in [-0.1, -0.05) is 12.0 Å². The van der Waals surface area contributed by atoms with E-state index >= 15 is 0 Å². The van der Waals surface area contributed by atoms with Crippen LogP contribution in [-0.2, 0) is 4.79 Å². The summed E-state index contributed by atoms with van der Waals surface area (Å²) in [5, 5.41) is 2.92. The third-order valence-electron chi connectivity index (χ3n) is 0.504. The Morgan fingerprint density at radius 2 is 2.15 bits per heavy atom. The van der Waals surface area contributed by atoms with Gasteiger partial charge in [0, 0.05) is 24.9 Å². The van der Waals surface area contributed by atoms with Crippen LogP contribution in [0.25, 0.3) is 10.4 Å². The van der Waals surface area contributed by atoms with Crippen molar-refractivity contribution in [2.24, 2.45) is 10.1 Å². The molecular weight excluding hydrogens is 168 g/mol. The minimum absolute atomic E-state index is 0.333. The van der Waals surface area contributed by atoms with E-state index in [0.29, 0.717) is 6.42 Å². The smallest absolute Gasteiger partial charge is 0.119 e. The summed E-state index contributed by atoms with van der Waals surface area (Å²) in [6.07, 6.45) is -0.162. The fourth-order valence-corrected chi connectivity index (χ4v) is 0.112. The first-order chi connectivity index (χ1) is 6.60. The molecule has 0 aromatic rings. The van der Waals surface area contributed by atoms with Gasteiger partial charge in [-0.15, -0.1) is 0 Å². The van der Waals surface area contributed by atoms with Crippen LogP contribution in [0, 0.1) is 0 Å². The lowest BCUT2D eigenvalue weighted by Gasteiger charge is -1.61. The Balaban J connectivity index is -0.000000131. The number of carbonyl (C=O) groups excluding carboxylic acids is 1. The Morgan fingerprint density at radius 1 is 1.77 bits per heavy atom. The van der Waals surface area contributed by atoms with Gasteiger partial charge in [0.15, 0.2) is 0 Å². The molecule has 0 rings (SSSR count). The standard InChI is InChI=1S/C4H7N.C3H6O.CH3N3/c1-3-5-4-2;1-2-3-4;1-3-4-2/h1,4H2,2H3;3H,2H2,1H3;1H3/i;3T;. The SMILES string of the molecule is C=C=NCC.CN=[N+]=[N-].[3H]C(=O)CC. The van der Waals surface area contributed by atoms with Gasteiger partial charge in [0.05, 0.1) is 0 Å². The fourth-order valence-electron chi connectivity index (χ4n) is 0.112. The zero-order chi connectivity index (χ0) is 11.8. The van der Waals surface area contributed by atoms with Gasteiger partial charge in [0.25, 0.3) is 0 Å². The Hall–Kier alpha value is -1.57. The molecule has 0 unspecified atom stereocenters. The van der Waals surface area contributed by atoms with Crippen molar-refractivity contribution in [2.45, 2.75) is 20.3 Å². The van der Waals surface area contributed by atoms with Crippen LogP contribution in [0.15, 0.2) is 16.7 Å². The van der Waals surface area contributed by atoms with Crippen molar-refractivity contribution < 1.29 is 6.17 Å². The van der Waals surface area contributed by atoms with E-state index in [0.717, 1.165) is 6.54 Å². The van der Waals surface area contributed by atoms with Gasteiger partial charge < -0.3 is 4.79 Å². The van der Waals surface area contributed by atoms with Crippen molar-refractivity contribution in [1.29, 1.82) is 0 Å². The second-order valence-electron chi connectivity index (χ2n) is 1.42. The third kappa shape index (κ3) is 126. The molecule has 0 aromatic carbocycles. The lowest BCUT2D eigenvalue weighted by Crippen LogP contribution is -1.58. The highest BCUT2D eigenvalue weighted by Crippen LogP contribution is 1.53. The number of azide groups is 1. The molecule has 0 saturated heterocycles. The highest BCUT2D eigenvalue weighted by Gasteiger charge is 1.52. The van der Waals surface area contributed by atoms with E-state index in [1.165, 1.54) is 7.05 Å². The number of rotatable bonds is 2. The first-order valence-electron chi connectivity index (χ1n) is 4.21. The van der Waals surface area contributed by atoms with Crippen LogP contribution in [0.3, 0.4) is 0 Å². The van der Waals surface area contributed by atoms with E-state index in [4.69, 9.17) is 6.90 Å². The molecule has 0 aliphatic heterocycles. The lowest BCUT2D eigenvalue weighted by atomic mass is 10.6. The van der Waals surface area contributed by atoms with Crippen LogP contribution in [0.4, 0.5) is 0 Å². The topological polar surface area (TPSA) is 78.2 Å². The zero-order valence-electron chi connectivity index (χ0n) is 9.32. The van der Waals surface area contributed by atoms with Crippen molar-refractivity contribution in [3.63, 3.8) is 0 Å². The maximum Gasteiger partial charge on any atom is 0.119 e. The summed E-state index contributed by atoms with van der Waals surface area (Å²) in [5.74, 6) is 2.39. The molecule has 0 radical (unpaired) electrons. The summed E-state index contributed by atoms with van der Waals surface area (Å²) >= 11 is 0. The average Bonchev–Trinajstić information content (AvgIpc) is 2.20. The van der Waals surface area contributed by atoms with Gasteiger partial charge in [-0.25, -0.2) is 4.99 Å². The lowest BCUT2D eigenvalue weighted by molar-refractivity contribution is -0.107. The van der Waals surface area contributed by atoms with Crippen LogP contribution in [0.5, 0.6) is 0 Å². The molecule has 0 N–H and O–H groups in total. The van der Waals surface area contributed by atoms with Crippen molar-refractivity contribution in [2.75, 3.05) is 13.6 Å². The van der Waals surface area contributed by atoms with Gasteiger partial charge in [0.1, 0.15) is 7.63 Å². The van der Waals surface area contributed by atoms with E-state index in [2.05, 4.69) is 27.5 Å². The zero-order valence-corrected chi connectivity index (χ0v) is 8.32. The van der Waals surface area contributed by atoms with Crippen molar-refractivity contribution in [1.82, 2.24) is 0 Å². The largest absolute Gasteiger partial charge is 0.303 e. The minimum atomic E-state index is -0.495. The Kier molecular flexibility index (Phi) is 33.8. The van der Waals surface area contributed by atoms with Gasteiger partial charge in [-0.05, 0) is 24.9 Å². The maximum absolute atomic E-state index is 9.48. The first-order valence-corrected chi connectivity index (χ1v) is 3.71. The number of aliphatic imine (C=N–C) groups is 1. The molecule has 74 valence electrons. The fraction of sp³-hybridized carbons (Fsp3) is 0.625. The molecule has 13 heavy (non-hydrogen) atoms. The molecule has 5 nitrogen and oxygen atoms in total. The van der Waals surface area contributed by atoms with E-state index in [1.807, 2.05) is 6.92 Å². The van der Waals surface area contributed by atoms with E-state index in [1.54, 1.807) is 6.92 Å². The van der Waals surface area contributed by atoms with Crippen LogP contribution in [0.2, 0.25) is 0 Å². The van der Waals surface area contributed by atoms with E-state index in [-0.39, 0.29) is 0 Å². The highest BCUT2D eigenvalue weighted by molar-refractivity contribution is 5.48. The summed E-state index contributed by atoms with van der Waals surface area (Å²) in [4.78, 5) is 15.5. The molecule has 5 heteroatoms. The van der Waals surface area contributed by atoms with Crippen LogP contribution in [0.1, 0.15) is 21.6 Å². The summed E-state index contributed by atoms with van der Waals surface area (Å²) < 4.78 is 6.19. The van der Waals surface area contributed by atoms with Crippen LogP contribution in [-0.4, -0.2) is 25.7 Å².